The molecular formula is C17H19N5O. The van der Waals surface area contributed by atoms with E-state index in [1.165, 1.54) is 0 Å². The summed E-state index contributed by atoms with van der Waals surface area (Å²) in [5.41, 5.74) is 3.02. The van der Waals surface area contributed by atoms with Crippen LogP contribution in [0.15, 0.2) is 42.7 Å². The van der Waals surface area contributed by atoms with Crippen LogP contribution in [-0.2, 0) is 0 Å². The molecule has 118 valence electrons. The average molecular weight is 309 g/mol. The van der Waals surface area contributed by atoms with E-state index in [2.05, 4.69) is 21.5 Å². The van der Waals surface area contributed by atoms with E-state index < -0.39 is 0 Å². The van der Waals surface area contributed by atoms with E-state index in [-0.39, 0.29) is 12.1 Å². The molecule has 1 atom stereocenters. The number of carbonyl (C=O) groups excluding carboxylic acids is 1. The average Bonchev–Trinajstić information content (AvgIpc) is 3.26. The van der Waals surface area contributed by atoms with Crippen LogP contribution in [0.1, 0.15) is 18.2 Å². The number of aromatic nitrogens is 3. The Morgan fingerprint density at radius 3 is 3.13 bits per heavy atom. The zero-order chi connectivity index (χ0) is 15.8. The molecule has 1 saturated heterocycles. The van der Waals surface area contributed by atoms with Crippen molar-refractivity contribution >= 4 is 22.6 Å². The van der Waals surface area contributed by atoms with Crippen LogP contribution in [0.3, 0.4) is 0 Å². The summed E-state index contributed by atoms with van der Waals surface area (Å²) in [5.74, 6) is 0. The van der Waals surface area contributed by atoms with Gasteiger partial charge in [0.25, 0.3) is 0 Å². The summed E-state index contributed by atoms with van der Waals surface area (Å²) in [5, 5.41) is 8.37. The predicted octanol–water partition coefficient (Wildman–Crippen LogP) is 3.15. The number of fused-ring (bicyclic) bond motifs is 1. The SMILES string of the molecule is Cc1cc2cc(NC(=O)N3CCC(n4cccn4)C3)ccc2[nH]1. The molecule has 2 amide bonds. The second-order valence-corrected chi connectivity index (χ2v) is 6.06. The van der Waals surface area contributed by atoms with Crippen LogP contribution in [0.2, 0.25) is 0 Å². The third-order valence-electron chi connectivity index (χ3n) is 4.36. The molecule has 2 N–H and O–H groups in total. The molecule has 0 saturated carbocycles. The number of aryl methyl sites for hydroxylation is 1. The van der Waals surface area contributed by atoms with E-state index in [0.717, 1.165) is 35.2 Å². The first kappa shape index (κ1) is 13.9. The molecule has 3 heterocycles. The smallest absolute Gasteiger partial charge is 0.321 e. The van der Waals surface area contributed by atoms with Crippen molar-refractivity contribution in [2.45, 2.75) is 19.4 Å². The second-order valence-electron chi connectivity index (χ2n) is 6.06. The van der Waals surface area contributed by atoms with Crippen LogP contribution in [0.5, 0.6) is 0 Å². The van der Waals surface area contributed by atoms with E-state index in [1.807, 2.05) is 47.0 Å². The second kappa shape index (κ2) is 5.46. The number of rotatable bonds is 2. The van der Waals surface area contributed by atoms with Crippen molar-refractivity contribution in [3.05, 3.63) is 48.4 Å². The van der Waals surface area contributed by atoms with E-state index >= 15 is 0 Å². The van der Waals surface area contributed by atoms with Crippen LogP contribution in [0, 0.1) is 6.92 Å². The molecule has 0 bridgehead atoms. The minimum atomic E-state index is -0.0498. The van der Waals surface area contributed by atoms with Gasteiger partial charge in [0.15, 0.2) is 0 Å². The van der Waals surface area contributed by atoms with Gasteiger partial charge in [0.1, 0.15) is 0 Å². The van der Waals surface area contributed by atoms with Crippen LogP contribution in [0.4, 0.5) is 10.5 Å². The Bertz CT molecular complexity index is 836. The summed E-state index contributed by atoms with van der Waals surface area (Å²) >= 11 is 0. The molecule has 1 unspecified atom stereocenters. The highest BCUT2D eigenvalue weighted by molar-refractivity contribution is 5.93. The van der Waals surface area contributed by atoms with Gasteiger partial charge in [-0.15, -0.1) is 0 Å². The first-order chi connectivity index (χ1) is 11.2. The molecular weight excluding hydrogens is 290 g/mol. The van der Waals surface area contributed by atoms with Crippen molar-refractivity contribution < 1.29 is 4.79 Å². The number of urea groups is 1. The molecule has 6 heteroatoms. The quantitative estimate of drug-likeness (QED) is 0.763. The summed E-state index contributed by atoms with van der Waals surface area (Å²) in [6, 6.07) is 10.1. The Hall–Kier alpha value is -2.76. The van der Waals surface area contributed by atoms with Crippen LogP contribution < -0.4 is 5.32 Å². The number of benzene rings is 1. The molecule has 0 aliphatic carbocycles. The number of nitrogens with one attached hydrogen (secondary N) is 2. The molecule has 1 aliphatic rings. The van der Waals surface area contributed by atoms with Gasteiger partial charge in [-0.05, 0) is 43.7 Å². The Balaban J connectivity index is 1.44. The Morgan fingerprint density at radius 1 is 1.39 bits per heavy atom. The third kappa shape index (κ3) is 2.67. The first-order valence-corrected chi connectivity index (χ1v) is 7.83. The minimum Gasteiger partial charge on any atom is -0.359 e. The van der Waals surface area contributed by atoms with E-state index in [4.69, 9.17) is 0 Å². The number of carbonyl (C=O) groups is 1. The highest BCUT2D eigenvalue weighted by atomic mass is 16.2. The molecule has 2 aromatic heterocycles. The van der Waals surface area contributed by atoms with Gasteiger partial charge in [-0.25, -0.2) is 4.79 Å². The van der Waals surface area contributed by atoms with Crippen molar-refractivity contribution in [2.24, 2.45) is 0 Å². The molecule has 1 fully saturated rings. The molecule has 0 radical (unpaired) electrons. The fourth-order valence-corrected chi connectivity index (χ4v) is 3.20. The number of hydrogen-bond acceptors (Lipinski definition) is 2. The minimum absolute atomic E-state index is 0.0498. The summed E-state index contributed by atoms with van der Waals surface area (Å²) in [6.45, 7) is 3.47. The fourth-order valence-electron chi connectivity index (χ4n) is 3.20. The summed E-state index contributed by atoms with van der Waals surface area (Å²) < 4.78 is 1.93. The molecule has 3 aromatic rings. The van der Waals surface area contributed by atoms with Gasteiger partial charge in [0.05, 0.1) is 6.04 Å². The van der Waals surface area contributed by atoms with E-state index in [9.17, 15) is 4.79 Å². The predicted molar refractivity (Wildman–Crippen MR) is 89.5 cm³/mol. The molecule has 6 nitrogen and oxygen atoms in total. The third-order valence-corrected chi connectivity index (χ3v) is 4.36. The van der Waals surface area contributed by atoms with E-state index in [0.29, 0.717) is 6.54 Å². The molecule has 1 aliphatic heterocycles. The van der Waals surface area contributed by atoms with Gasteiger partial charge in [-0.3, -0.25) is 4.68 Å². The van der Waals surface area contributed by atoms with Crippen LogP contribution in [0.25, 0.3) is 10.9 Å². The number of amides is 2. The lowest BCUT2D eigenvalue weighted by Gasteiger charge is -2.17. The number of nitrogens with zero attached hydrogens (tertiary/aromatic N) is 3. The summed E-state index contributed by atoms with van der Waals surface area (Å²) in [6.07, 6.45) is 4.66. The van der Waals surface area contributed by atoms with Gasteiger partial charge in [-0.2, -0.15) is 5.10 Å². The zero-order valence-electron chi connectivity index (χ0n) is 13.0. The fraction of sp³-hybridized carbons (Fsp3) is 0.294. The van der Waals surface area contributed by atoms with E-state index in [1.54, 1.807) is 6.20 Å². The lowest BCUT2D eigenvalue weighted by Crippen LogP contribution is -2.33. The van der Waals surface area contributed by atoms with Gasteiger partial charge >= 0.3 is 6.03 Å². The van der Waals surface area contributed by atoms with Gasteiger partial charge in [0.2, 0.25) is 0 Å². The molecule has 23 heavy (non-hydrogen) atoms. The van der Waals surface area contributed by atoms with Crippen molar-refractivity contribution in [3.63, 3.8) is 0 Å². The maximum absolute atomic E-state index is 12.4. The van der Waals surface area contributed by atoms with Gasteiger partial charge in [0, 0.05) is 47.8 Å². The Morgan fingerprint density at radius 2 is 2.30 bits per heavy atom. The standard InChI is InChI=1S/C17H19N5O/c1-12-9-13-10-14(3-4-16(13)19-12)20-17(23)21-8-5-15(11-21)22-7-2-6-18-22/h2-4,6-7,9-10,15,19H,5,8,11H2,1H3,(H,20,23). The molecule has 4 rings (SSSR count). The monoisotopic (exact) mass is 309 g/mol. The highest BCUT2D eigenvalue weighted by Gasteiger charge is 2.27. The van der Waals surface area contributed by atoms with Crippen molar-refractivity contribution in [1.82, 2.24) is 19.7 Å². The van der Waals surface area contributed by atoms with Crippen LogP contribution in [-0.4, -0.2) is 38.8 Å². The summed E-state index contributed by atoms with van der Waals surface area (Å²) in [4.78, 5) is 17.6. The maximum atomic E-state index is 12.4. The number of aromatic amines is 1. The Kier molecular flexibility index (Phi) is 3.29. The Labute approximate surface area is 134 Å². The lowest BCUT2D eigenvalue weighted by atomic mass is 10.2. The largest absolute Gasteiger partial charge is 0.359 e. The number of hydrogen-bond donors (Lipinski definition) is 2. The molecule has 1 aromatic carbocycles. The molecule has 0 spiro atoms. The number of likely N-dealkylation sites (tertiary alicyclic amines) is 1. The van der Waals surface area contributed by atoms with Gasteiger partial charge < -0.3 is 15.2 Å². The zero-order valence-corrected chi connectivity index (χ0v) is 13.0. The number of H-pyrrole nitrogens is 1. The van der Waals surface area contributed by atoms with Crippen molar-refractivity contribution in [3.8, 4) is 0 Å². The highest BCUT2D eigenvalue weighted by Crippen LogP contribution is 2.23. The van der Waals surface area contributed by atoms with Crippen LogP contribution >= 0.6 is 0 Å². The summed E-state index contributed by atoms with van der Waals surface area (Å²) in [7, 11) is 0. The van der Waals surface area contributed by atoms with Gasteiger partial charge in [-0.1, -0.05) is 0 Å². The normalized spacial score (nSPS) is 17.8. The topological polar surface area (TPSA) is 66.0 Å². The number of anilines is 1. The maximum Gasteiger partial charge on any atom is 0.321 e. The van der Waals surface area contributed by atoms with Crippen molar-refractivity contribution in [2.75, 3.05) is 18.4 Å². The van der Waals surface area contributed by atoms with Crippen molar-refractivity contribution in [1.29, 1.82) is 0 Å². The first-order valence-electron chi connectivity index (χ1n) is 7.83. The lowest BCUT2D eigenvalue weighted by molar-refractivity contribution is 0.220.